The molecule has 4 rings (SSSR count). The van der Waals surface area contributed by atoms with E-state index >= 15 is 0 Å². The summed E-state index contributed by atoms with van der Waals surface area (Å²) in [6, 6.07) is 0. The zero-order valence-corrected chi connectivity index (χ0v) is 27.9. The number of hydrogen-bond acceptors (Lipinski definition) is 6. The fraction of sp³-hybridized carbons (Fsp3) is 0.811. The summed E-state index contributed by atoms with van der Waals surface area (Å²) in [5, 5.41) is 10.1. The molecule has 3 heterocycles. The Hall–Kier alpha value is -1.83. The van der Waals surface area contributed by atoms with E-state index in [1.807, 2.05) is 0 Å². The van der Waals surface area contributed by atoms with Crippen LogP contribution in [0.4, 0.5) is 0 Å². The molecule has 4 unspecified atom stereocenters. The maximum atomic E-state index is 12.4. The Labute approximate surface area is 266 Å². The number of unbranched alkanes of at least 4 members (excludes halogenated alkanes) is 1. The van der Waals surface area contributed by atoms with Gasteiger partial charge >= 0.3 is 5.97 Å². The maximum absolute atomic E-state index is 12.4. The van der Waals surface area contributed by atoms with Gasteiger partial charge in [-0.3, -0.25) is 0 Å². The SMILES string of the molecule is C=C1CC[C@H](CCCCC(C)CCC=C(CC)CC)[C@H]1C[C@H]1OC1CC(OC1CCCCO1)=C(OC1CCCCO1)C(=O)O. The highest BCUT2D eigenvalue weighted by molar-refractivity contribution is 5.84. The van der Waals surface area contributed by atoms with E-state index in [1.165, 1.54) is 63.4 Å². The van der Waals surface area contributed by atoms with E-state index in [9.17, 15) is 9.90 Å². The van der Waals surface area contributed by atoms with Crippen LogP contribution in [0.1, 0.15) is 136 Å². The van der Waals surface area contributed by atoms with Crippen molar-refractivity contribution in [3.8, 4) is 0 Å². The van der Waals surface area contributed by atoms with Gasteiger partial charge in [0.1, 0.15) is 0 Å². The van der Waals surface area contributed by atoms with Crippen molar-refractivity contribution in [1.82, 2.24) is 0 Å². The van der Waals surface area contributed by atoms with Crippen LogP contribution in [0.15, 0.2) is 35.3 Å². The molecule has 44 heavy (non-hydrogen) atoms. The third-order valence-corrected chi connectivity index (χ3v) is 10.3. The van der Waals surface area contributed by atoms with Crippen LogP contribution in [0.5, 0.6) is 0 Å². The zero-order chi connectivity index (χ0) is 31.3. The maximum Gasteiger partial charge on any atom is 0.374 e. The van der Waals surface area contributed by atoms with E-state index in [-0.39, 0.29) is 18.0 Å². The molecular formula is C37H60O7. The average molecular weight is 617 g/mol. The summed E-state index contributed by atoms with van der Waals surface area (Å²) in [5.41, 5.74) is 2.95. The summed E-state index contributed by atoms with van der Waals surface area (Å²) in [5.74, 6) is 0.955. The van der Waals surface area contributed by atoms with Crippen LogP contribution in [0.25, 0.3) is 0 Å². The predicted octanol–water partition coefficient (Wildman–Crippen LogP) is 9.22. The minimum absolute atomic E-state index is 0.0799. The van der Waals surface area contributed by atoms with Gasteiger partial charge in [0.25, 0.3) is 0 Å². The lowest BCUT2D eigenvalue weighted by atomic mass is 9.85. The molecule has 7 nitrogen and oxygen atoms in total. The van der Waals surface area contributed by atoms with E-state index in [0.717, 1.165) is 50.9 Å². The number of hydrogen-bond donors (Lipinski definition) is 1. The number of allylic oxidation sites excluding steroid dienone is 3. The molecule has 7 atom stereocenters. The first-order valence-corrected chi connectivity index (χ1v) is 17.9. The lowest BCUT2D eigenvalue weighted by Gasteiger charge is -2.27. The molecule has 0 aromatic carbocycles. The molecule has 3 aliphatic heterocycles. The van der Waals surface area contributed by atoms with E-state index in [1.54, 1.807) is 5.57 Å². The minimum atomic E-state index is -1.14. The lowest BCUT2D eigenvalue weighted by Crippen LogP contribution is -2.28. The third-order valence-electron chi connectivity index (χ3n) is 10.3. The number of carboxylic acid groups (broad SMARTS) is 1. The molecule has 0 bridgehead atoms. The van der Waals surface area contributed by atoms with Crippen molar-refractivity contribution in [1.29, 1.82) is 0 Å². The number of carboxylic acids is 1. The van der Waals surface area contributed by atoms with Gasteiger partial charge in [-0.1, -0.05) is 63.8 Å². The van der Waals surface area contributed by atoms with Gasteiger partial charge in [-0.25, -0.2) is 4.79 Å². The van der Waals surface area contributed by atoms with Crippen LogP contribution in [0.2, 0.25) is 0 Å². The van der Waals surface area contributed by atoms with Crippen LogP contribution in [-0.2, 0) is 28.5 Å². The van der Waals surface area contributed by atoms with Gasteiger partial charge in [-0.2, -0.15) is 0 Å². The minimum Gasteiger partial charge on any atom is -0.475 e. The van der Waals surface area contributed by atoms with Crippen LogP contribution in [-0.4, -0.2) is 49.1 Å². The standard InChI is InChI=1S/C37H60O7/c1-5-28(6-2)16-13-15-26(3)14-7-8-17-29-21-20-27(4)30(29)24-31-32(42-31)25-33(43-34-18-9-11-22-40-34)36(37(38)39)44-35-19-10-12-23-41-35/h16,26,29-32,34-35H,4-15,17-25H2,1-3H3,(H,38,39)/t26?,29-,30-,31+,32?,34?,35?/m0/s1. The van der Waals surface area contributed by atoms with Crippen molar-refractivity contribution in [2.45, 2.75) is 161 Å². The van der Waals surface area contributed by atoms with E-state index in [0.29, 0.717) is 43.7 Å². The van der Waals surface area contributed by atoms with Gasteiger partial charge in [0.2, 0.25) is 5.76 Å². The second-order valence-corrected chi connectivity index (χ2v) is 13.6. The van der Waals surface area contributed by atoms with Gasteiger partial charge in [0.15, 0.2) is 18.3 Å². The Balaban J connectivity index is 1.27. The second kappa shape index (κ2) is 18.3. The molecule has 250 valence electrons. The van der Waals surface area contributed by atoms with Crippen molar-refractivity contribution < 1.29 is 33.6 Å². The molecule has 0 radical (unpaired) electrons. The smallest absolute Gasteiger partial charge is 0.374 e. The van der Waals surface area contributed by atoms with Gasteiger partial charge in [-0.05, 0) is 94.8 Å². The average Bonchev–Trinajstić information content (AvgIpc) is 3.68. The Bertz CT molecular complexity index is 953. The number of rotatable bonds is 19. The van der Waals surface area contributed by atoms with Crippen LogP contribution in [0.3, 0.4) is 0 Å². The molecule has 0 aromatic heterocycles. The van der Waals surface area contributed by atoms with Gasteiger partial charge in [0, 0.05) is 19.3 Å². The molecular weight excluding hydrogens is 556 g/mol. The van der Waals surface area contributed by atoms with Gasteiger partial charge < -0.3 is 28.8 Å². The normalized spacial score (nSPS) is 29.9. The van der Waals surface area contributed by atoms with Crippen molar-refractivity contribution >= 4 is 5.97 Å². The summed E-state index contributed by atoms with van der Waals surface area (Å²) in [7, 11) is 0. The van der Waals surface area contributed by atoms with Crippen molar-refractivity contribution in [3.05, 3.63) is 35.3 Å². The lowest BCUT2D eigenvalue weighted by molar-refractivity contribution is -0.170. The first kappa shape index (κ1) is 35.0. The van der Waals surface area contributed by atoms with Gasteiger partial charge in [0.05, 0.1) is 25.4 Å². The summed E-state index contributed by atoms with van der Waals surface area (Å²) in [6.07, 6.45) is 20.5. The molecule has 3 saturated heterocycles. The van der Waals surface area contributed by atoms with E-state index in [2.05, 4.69) is 33.4 Å². The highest BCUT2D eigenvalue weighted by atomic mass is 16.7. The van der Waals surface area contributed by atoms with E-state index < -0.39 is 18.5 Å². The largest absolute Gasteiger partial charge is 0.475 e. The number of aliphatic carboxylic acids is 1. The topological polar surface area (TPSA) is 86.8 Å². The number of epoxide rings is 1. The molecule has 1 saturated carbocycles. The van der Waals surface area contributed by atoms with Crippen molar-refractivity contribution in [2.75, 3.05) is 13.2 Å². The predicted molar refractivity (Wildman–Crippen MR) is 173 cm³/mol. The molecule has 4 fully saturated rings. The molecule has 1 N–H and O–H groups in total. The monoisotopic (exact) mass is 616 g/mol. The van der Waals surface area contributed by atoms with Crippen LogP contribution in [0, 0.1) is 17.8 Å². The quantitative estimate of drug-likeness (QED) is 0.0509. The first-order valence-electron chi connectivity index (χ1n) is 17.9. The second-order valence-electron chi connectivity index (χ2n) is 13.6. The summed E-state index contributed by atoms with van der Waals surface area (Å²) in [6.45, 7) is 12.6. The number of carbonyl (C=O) groups is 1. The summed E-state index contributed by atoms with van der Waals surface area (Å²) < 4.78 is 29.8. The molecule has 1 aliphatic carbocycles. The summed E-state index contributed by atoms with van der Waals surface area (Å²) in [4.78, 5) is 12.4. The van der Waals surface area contributed by atoms with Gasteiger partial charge in [-0.15, -0.1) is 0 Å². The Morgan fingerprint density at radius 1 is 0.977 bits per heavy atom. The summed E-state index contributed by atoms with van der Waals surface area (Å²) >= 11 is 0. The fourth-order valence-electron chi connectivity index (χ4n) is 7.28. The molecule has 7 heteroatoms. The Kier molecular flexibility index (Phi) is 14.6. The third kappa shape index (κ3) is 11.2. The molecule has 0 aromatic rings. The van der Waals surface area contributed by atoms with E-state index in [4.69, 9.17) is 23.7 Å². The Morgan fingerprint density at radius 3 is 2.32 bits per heavy atom. The molecule has 0 amide bonds. The Morgan fingerprint density at radius 2 is 1.68 bits per heavy atom. The van der Waals surface area contributed by atoms with Crippen LogP contribution >= 0.6 is 0 Å². The highest BCUT2D eigenvalue weighted by Crippen LogP contribution is 2.46. The van der Waals surface area contributed by atoms with Crippen molar-refractivity contribution in [3.63, 3.8) is 0 Å². The highest BCUT2D eigenvalue weighted by Gasteiger charge is 2.45. The molecule has 0 spiro atoms. The number of ether oxygens (including phenoxy) is 5. The van der Waals surface area contributed by atoms with Crippen molar-refractivity contribution in [2.24, 2.45) is 17.8 Å². The van der Waals surface area contributed by atoms with Crippen LogP contribution < -0.4 is 0 Å². The molecule has 4 aliphatic rings. The zero-order valence-electron chi connectivity index (χ0n) is 27.9. The fourth-order valence-corrected chi connectivity index (χ4v) is 7.28. The first-order chi connectivity index (χ1) is 21.4.